The first-order chi connectivity index (χ1) is 16.0. The number of piperidine rings is 1. The molecule has 3 aromatic rings. The second kappa shape index (κ2) is 10.7. The van der Waals surface area contributed by atoms with Crippen LogP contribution in [0.5, 0.6) is 0 Å². The minimum Gasteiger partial charge on any atom is -0.352 e. The van der Waals surface area contributed by atoms with Crippen molar-refractivity contribution in [2.24, 2.45) is 0 Å². The smallest absolute Gasteiger partial charge is 0.243 e. The molecule has 1 saturated heterocycles. The highest BCUT2D eigenvalue weighted by Crippen LogP contribution is 2.21. The summed E-state index contributed by atoms with van der Waals surface area (Å²) in [5, 5.41) is 15.3. The summed E-state index contributed by atoms with van der Waals surface area (Å²) in [5.74, 6) is 0.446. The van der Waals surface area contributed by atoms with Gasteiger partial charge >= 0.3 is 0 Å². The molecule has 0 bridgehead atoms. The van der Waals surface area contributed by atoms with Crippen LogP contribution in [0.25, 0.3) is 11.4 Å². The minimum atomic E-state index is -3.49. The summed E-state index contributed by atoms with van der Waals surface area (Å²) in [6.07, 6.45) is 3.74. The second-order valence-electron chi connectivity index (χ2n) is 8.07. The maximum atomic E-state index is 12.9. The van der Waals surface area contributed by atoms with Crippen LogP contribution in [-0.2, 0) is 27.9 Å². The molecule has 0 radical (unpaired) electrons. The van der Waals surface area contributed by atoms with Crippen LogP contribution in [0, 0.1) is 0 Å². The number of benzene rings is 2. The van der Waals surface area contributed by atoms with Gasteiger partial charge in [-0.05, 0) is 42.2 Å². The molecule has 9 nitrogen and oxygen atoms in total. The Morgan fingerprint density at radius 2 is 1.79 bits per heavy atom. The van der Waals surface area contributed by atoms with Crippen molar-refractivity contribution in [2.75, 3.05) is 13.1 Å². The quantitative estimate of drug-likeness (QED) is 0.517. The Balaban J connectivity index is 1.25. The molecule has 0 aliphatic carbocycles. The Bertz CT molecular complexity index is 1170. The number of nitrogens with one attached hydrogen (secondary N) is 1. The number of carbonyl (C=O) groups is 1. The third-order valence-electron chi connectivity index (χ3n) is 5.59. The van der Waals surface area contributed by atoms with Gasteiger partial charge in [-0.25, -0.2) is 8.42 Å². The Kier molecular flexibility index (Phi) is 7.46. The van der Waals surface area contributed by atoms with Gasteiger partial charge < -0.3 is 5.32 Å². The van der Waals surface area contributed by atoms with Crippen molar-refractivity contribution < 1.29 is 13.2 Å². The summed E-state index contributed by atoms with van der Waals surface area (Å²) in [4.78, 5) is 14.0. The highest BCUT2D eigenvalue weighted by atomic mass is 32.2. The zero-order valence-corrected chi connectivity index (χ0v) is 19.2. The van der Waals surface area contributed by atoms with Gasteiger partial charge in [-0.15, -0.1) is 10.2 Å². The number of hydrogen-bond donors (Lipinski definition) is 1. The van der Waals surface area contributed by atoms with Crippen molar-refractivity contribution >= 4 is 15.9 Å². The molecule has 1 aliphatic rings. The van der Waals surface area contributed by atoms with E-state index in [9.17, 15) is 13.2 Å². The summed E-state index contributed by atoms with van der Waals surface area (Å²) in [7, 11) is -3.49. The van der Waals surface area contributed by atoms with Gasteiger partial charge in [0, 0.05) is 31.6 Å². The molecule has 1 fully saturated rings. The average Bonchev–Trinajstić information content (AvgIpc) is 3.33. The second-order valence-corrected chi connectivity index (χ2v) is 10.0. The normalized spacial score (nSPS) is 14.8. The maximum absolute atomic E-state index is 12.9. The van der Waals surface area contributed by atoms with E-state index in [1.54, 1.807) is 22.5 Å². The van der Waals surface area contributed by atoms with Gasteiger partial charge in [0.05, 0.1) is 11.4 Å². The molecule has 0 atom stereocenters. The third kappa shape index (κ3) is 6.02. The number of rotatable bonds is 9. The summed E-state index contributed by atoms with van der Waals surface area (Å²) >= 11 is 0. The van der Waals surface area contributed by atoms with Crippen LogP contribution in [0.2, 0.25) is 0 Å². The highest BCUT2D eigenvalue weighted by Gasteiger charge is 2.25. The maximum Gasteiger partial charge on any atom is 0.243 e. The summed E-state index contributed by atoms with van der Waals surface area (Å²) in [6.45, 7) is 1.90. The molecule has 1 amide bonds. The van der Waals surface area contributed by atoms with Gasteiger partial charge in [0.25, 0.3) is 0 Å². The number of hydrogen-bond acceptors (Lipinski definition) is 6. The molecule has 0 saturated carbocycles. The Morgan fingerprint density at radius 3 is 2.58 bits per heavy atom. The molecule has 4 rings (SSSR count). The fourth-order valence-corrected chi connectivity index (χ4v) is 5.37. The van der Waals surface area contributed by atoms with Gasteiger partial charge in [-0.2, -0.15) is 9.10 Å². The largest absolute Gasteiger partial charge is 0.352 e. The number of sulfonamides is 1. The molecular weight excluding hydrogens is 440 g/mol. The molecule has 1 aromatic heterocycles. The standard InChI is InChI=1S/C23H28N6O3S/c30-22(13-8-16-29-26-23(25-27-29)20-10-3-1-4-11-20)24-18-19-9-7-12-21(17-19)33(31,32)28-14-5-2-6-15-28/h1,3-4,7,9-12,17H,2,5-6,8,13-16,18H2,(H,24,30). The lowest BCUT2D eigenvalue weighted by Gasteiger charge is -2.26. The van der Waals surface area contributed by atoms with E-state index in [1.807, 2.05) is 36.4 Å². The number of aromatic nitrogens is 4. The SMILES string of the molecule is O=C(CCCn1nnc(-c2ccccc2)n1)NCc1cccc(S(=O)(=O)N2CCCCC2)c1. The Hall–Kier alpha value is -3.11. The van der Waals surface area contributed by atoms with Crippen molar-refractivity contribution in [3.63, 3.8) is 0 Å². The van der Waals surface area contributed by atoms with Crippen molar-refractivity contribution in [2.45, 2.75) is 50.1 Å². The summed E-state index contributed by atoms with van der Waals surface area (Å²) in [6, 6.07) is 16.4. The third-order valence-corrected chi connectivity index (χ3v) is 7.48. The molecule has 2 aromatic carbocycles. The number of tetrazole rings is 1. The van der Waals surface area contributed by atoms with Crippen LogP contribution in [0.1, 0.15) is 37.7 Å². The molecule has 33 heavy (non-hydrogen) atoms. The first-order valence-corrected chi connectivity index (χ1v) is 12.7. The van der Waals surface area contributed by atoms with E-state index in [1.165, 1.54) is 4.80 Å². The lowest BCUT2D eigenvalue weighted by molar-refractivity contribution is -0.121. The zero-order valence-electron chi connectivity index (χ0n) is 18.4. The number of amides is 1. The molecule has 10 heteroatoms. The Morgan fingerprint density at radius 1 is 1.00 bits per heavy atom. The molecule has 1 aliphatic heterocycles. The predicted octanol–water partition coefficient (Wildman–Crippen LogP) is 2.61. The zero-order chi connectivity index (χ0) is 23.1. The number of nitrogens with zero attached hydrogens (tertiary/aromatic N) is 5. The van der Waals surface area contributed by atoms with E-state index in [2.05, 4.69) is 20.7 Å². The summed E-state index contributed by atoms with van der Waals surface area (Å²) in [5.41, 5.74) is 1.65. The van der Waals surface area contributed by atoms with Crippen molar-refractivity contribution in [1.82, 2.24) is 29.8 Å². The molecule has 174 valence electrons. The van der Waals surface area contributed by atoms with Crippen molar-refractivity contribution in [3.8, 4) is 11.4 Å². The topological polar surface area (TPSA) is 110 Å². The van der Waals surface area contributed by atoms with Gasteiger partial charge in [-0.1, -0.05) is 48.9 Å². The van der Waals surface area contributed by atoms with Crippen LogP contribution in [0.4, 0.5) is 0 Å². The van der Waals surface area contributed by atoms with E-state index in [4.69, 9.17) is 0 Å². The van der Waals surface area contributed by atoms with Crippen LogP contribution >= 0.6 is 0 Å². The minimum absolute atomic E-state index is 0.109. The van der Waals surface area contributed by atoms with E-state index in [0.717, 1.165) is 30.4 Å². The van der Waals surface area contributed by atoms with Crippen molar-refractivity contribution in [3.05, 3.63) is 60.2 Å². The van der Waals surface area contributed by atoms with Crippen LogP contribution < -0.4 is 5.32 Å². The van der Waals surface area contributed by atoms with E-state index in [-0.39, 0.29) is 17.3 Å². The van der Waals surface area contributed by atoms with Gasteiger partial charge in [0.2, 0.25) is 21.8 Å². The predicted molar refractivity (Wildman–Crippen MR) is 123 cm³/mol. The van der Waals surface area contributed by atoms with Crippen LogP contribution in [0.3, 0.4) is 0 Å². The molecule has 0 spiro atoms. The fraction of sp³-hybridized carbons (Fsp3) is 0.391. The first-order valence-electron chi connectivity index (χ1n) is 11.2. The lowest BCUT2D eigenvalue weighted by Crippen LogP contribution is -2.35. The average molecular weight is 469 g/mol. The monoisotopic (exact) mass is 468 g/mol. The molecule has 0 unspecified atom stereocenters. The van der Waals surface area contributed by atoms with E-state index >= 15 is 0 Å². The van der Waals surface area contributed by atoms with Crippen LogP contribution in [0.15, 0.2) is 59.5 Å². The molecule has 1 N–H and O–H groups in total. The van der Waals surface area contributed by atoms with Gasteiger partial charge in [0.1, 0.15) is 0 Å². The fourth-order valence-electron chi connectivity index (χ4n) is 3.78. The molecular formula is C23H28N6O3S. The first kappa shape index (κ1) is 23.1. The van der Waals surface area contributed by atoms with Gasteiger partial charge in [-0.3, -0.25) is 4.79 Å². The number of aryl methyl sites for hydroxylation is 1. The highest BCUT2D eigenvalue weighted by molar-refractivity contribution is 7.89. The van der Waals surface area contributed by atoms with E-state index in [0.29, 0.717) is 38.3 Å². The van der Waals surface area contributed by atoms with Gasteiger partial charge in [0.15, 0.2) is 0 Å². The lowest BCUT2D eigenvalue weighted by atomic mass is 10.2. The molecule has 2 heterocycles. The van der Waals surface area contributed by atoms with E-state index < -0.39 is 10.0 Å². The Labute approximate surface area is 193 Å². The number of carbonyl (C=O) groups excluding carboxylic acids is 1. The van der Waals surface area contributed by atoms with Crippen LogP contribution in [-0.4, -0.2) is 51.9 Å². The summed E-state index contributed by atoms with van der Waals surface area (Å²) < 4.78 is 27.3. The van der Waals surface area contributed by atoms with Crippen molar-refractivity contribution in [1.29, 1.82) is 0 Å².